The number of thiazole rings is 1. The monoisotopic (exact) mass is 431 g/mol. The molecule has 3 aromatic rings. The van der Waals surface area contributed by atoms with E-state index in [2.05, 4.69) is 4.90 Å². The molecule has 0 saturated heterocycles. The minimum atomic E-state index is 0.0386. The lowest BCUT2D eigenvalue weighted by Gasteiger charge is -2.21. The first-order valence-electron chi connectivity index (χ1n) is 9.52. The number of nitrogens with zero attached hydrogens (tertiary/aromatic N) is 3. The number of aryl methyl sites for hydroxylation is 1. The van der Waals surface area contributed by atoms with E-state index in [0.29, 0.717) is 18.0 Å². The van der Waals surface area contributed by atoms with E-state index in [1.807, 2.05) is 62.3 Å². The Morgan fingerprint density at radius 3 is 2.52 bits per heavy atom. The van der Waals surface area contributed by atoms with Crippen LogP contribution in [-0.4, -0.2) is 50.1 Å². The summed E-state index contributed by atoms with van der Waals surface area (Å²) in [5, 5.41) is 1.42. The first kappa shape index (κ1) is 21.6. The molecule has 1 amide bonds. The van der Waals surface area contributed by atoms with E-state index in [1.165, 1.54) is 11.3 Å². The molecule has 0 bridgehead atoms. The van der Waals surface area contributed by atoms with Crippen LogP contribution < -0.4 is 9.64 Å². The lowest BCUT2D eigenvalue weighted by atomic mass is 10.1. The largest absolute Gasteiger partial charge is 0.497 e. The molecule has 0 radical (unpaired) electrons. The van der Waals surface area contributed by atoms with Gasteiger partial charge in [0.25, 0.3) is 0 Å². The SMILES string of the molecule is COc1ccc(CC(=O)N(CCCN(C)C)c2nc3c(C)c(Cl)ccc3s2)cc1. The van der Waals surface area contributed by atoms with E-state index in [1.54, 1.807) is 7.11 Å². The molecule has 154 valence electrons. The molecule has 0 N–H and O–H groups in total. The van der Waals surface area contributed by atoms with Crippen LogP contribution in [-0.2, 0) is 11.2 Å². The molecule has 29 heavy (non-hydrogen) atoms. The number of amides is 1. The van der Waals surface area contributed by atoms with E-state index >= 15 is 0 Å². The fourth-order valence-corrected chi connectivity index (χ4v) is 4.31. The van der Waals surface area contributed by atoms with Crippen molar-refractivity contribution in [2.45, 2.75) is 19.8 Å². The Hall–Kier alpha value is -2.15. The highest BCUT2D eigenvalue weighted by Crippen LogP contribution is 2.34. The molecular formula is C22H26ClN3O2S. The molecule has 0 atom stereocenters. The van der Waals surface area contributed by atoms with Crippen molar-refractivity contribution in [1.29, 1.82) is 0 Å². The highest BCUT2D eigenvalue weighted by atomic mass is 35.5. The Morgan fingerprint density at radius 2 is 1.86 bits per heavy atom. The van der Waals surface area contributed by atoms with Crippen LogP contribution in [0.25, 0.3) is 10.2 Å². The normalized spacial score (nSPS) is 11.2. The number of carbonyl (C=O) groups is 1. The van der Waals surface area contributed by atoms with Gasteiger partial charge in [0.15, 0.2) is 5.13 Å². The Morgan fingerprint density at radius 1 is 1.14 bits per heavy atom. The van der Waals surface area contributed by atoms with Crippen LogP contribution in [0.5, 0.6) is 5.75 Å². The summed E-state index contributed by atoms with van der Waals surface area (Å²) in [6.45, 7) is 3.49. The number of carbonyl (C=O) groups excluding carboxylic acids is 1. The van der Waals surface area contributed by atoms with Crippen molar-refractivity contribution in [3.8, 4) is 5.75 Å². The lowest BCUT2D eigenvalue weighted by Crippen LogP contribution is -2.34. The summed E-state index contributed by atoms with van der Waals surface area (Å²) in [4.78, 5) is 21.9. The van der Waals surface area contributed by atoms with Crippen molar-refractivity contribution in [3.05, 3.63) is 52.5 Å². The predicted octanol–water partition coefficient (Wildman–Crippen LogP) is 4.79. The summed E-state index contributed by atoms with van der Waals surface area (Å²) in [6.07, 6.45) is 1.19. The molecule has 0 aliphatic heterocycles. The first-order valence-corrected chi connectivity index (χ1v) is 10.7. The highest BCUT2D eigenvalue weighted by Gasteiger charge is 2.21. The Balaban J connectivity index is 1.86. The minimum absolute atomic E-state index is 0.0386. The summed E-state index contributed by atoms with van der Waals surface area (Å²) < 4.78 is 6.24. The topological polar surface area (TPSA) is 45.7 Å². The van der Waals surface area contributed by atoms with Gasteiger partial charge in [0.1, 0.15) is 5.75 Å². The lowest BCUT2D eigenvalue weighted by molar-refractivity contribution is -0.118. The maximum atomic E-state index is 13.2. The molecule has 0 saturated carbocycles. The van der Waals surface area contributed by atoms with E-state index in [9.17, 15) is 4.79 Å². The van der Waals surface area contributed by atoms with Gasteiger partial charge in [0, 0.05) is 11.6 Å². The molecule has 0 fully saturated rings. The summed E-state index contributed by atoms with van der Waals surface area (Å²) in [5.74, 6) is 0.819. The summed E-state index contributed by atoms with van der Waals surface area (Å²) in [5.41, 5.74) is 2.77. The van der Waals surface area contributed by atoms with Crippen molar-refractivity contribution >= 4 is 44.2 Å². The van der Waals surface area contributed by atoms with Gasteiger partial charge in [-0.25, -0.2) is 4.98 Å². The number of benzene rings is 2. The maximum Gasteiger partial charge on any atom is 0.233 e. The van der Waals surface area contributed by atoms with Crippen molar-refractivity contribution < 1.29 is 9.53 Å². The Kier molecular flexibility index (Phi) is 7.11. The van der Waals surface area contributed by atoms with Gasteiger partial charge in [0.05, 0.1) is 23.7 Å². The summed E-state index contributed by atoms with van der Waals surface area (Å²) in [7, 11) is 5.70. The molecule has 3 rings (SSSR count). The fourth-order valence-electron chi connectivity index (χ4n) is 3.09. The Labute approximate surface area is 180 Å². The van der Waals surface area contributed by atoms with E-state index in [-0.39, 0.29) is 5.91 Å². The number of hydrogen-bond acceptors (Lipinski definition) is 5. The van der Waals surface area contributed by atoms with Gasteiger partial charge in [-0.2, -0.15) is 0 Å². The van der Waals surface area contributed by atoms with Gasteiger partial charge in [0.2, 0.25) is 5.91 Å². The standard InChI is InChI=1S/C22H26ClN3O2S/c1-15-18(23)10-11-19-21(15)24-22(29-19)26(13-5-12-25(2)3)20(27)14-16-6-8-17(28-4)9-7-16/h6-11H,5,12-14H2,1-4H3. The zero-order valence-corrected chi connectivity index (χ0v) is 18.8. The quantitative estimate of drug-likeness (QED) is 0.514. The number of methoxy groups -OCH3 is 1. The van der Waals surface area contributed by atoms with Crippen molar-refractivity contribution in [3.63, 3.8) is 0 Å². The predicted molar refractivity (Wildman–Crippen MR) is 122 cm³/mol. The second-order valence-corrected chi connectivity index (χ2v) is 8.66. The van der Waals surface area contributed by atoms with Gasteiger partial charge in [-0.1, -0.05) is 35.1 Å². The van der Waals surface area contributed by atoms with Crippen LogP contribution in [0.3, 0.4) is 0 Å². The molecule has 2 aromatic carbocycles. The first-order chi connectivity index (χ1) is 13.9. The zero-order valence-electron chi connectivity index (χ0n) is 17.2. The number of fused-ring (bicyclic) bond motifs is 1. The average Bonchev–Trinajstić information content (AvgIpc) is 3.13. The molecule has 1 heterocycles. The number of aromatic nitrogens is 1. The average molecular weight is 432 g/mol. The molecule has 0 aliphatic carbocycles. The molecular weight excluding hydrogens is 406 g/mol. The van der Waals surface area contributed by atoms with Gasteiger partial charge < -0.3 is 9.64 Å². The second-order valence-electron chi connectivity index (χ2n) is 7.24. The van der Waals surface area contributed by atoms with Gasteiger partial charge in [-0.3, -0.25) is 9.69 Å². The molecule has 0 spiro atoms. The van der Waals surface area contributed by atoms with E-state index < -0.39 is 0 Å². The van der Waals surface area contributed by atoms with Crippen LogP contribution in [0.2, 0.25) is 5.02 Å². The fraction of sp³-hybridized carbons (Fsp3) is 0.364. The number of halogens is 1. The van der Waals surface area contributed by atoms with Gasteiger partial charge in [-0.15, -0.1) is 0 Å². The van der Waals surface area contributed by atoms with Crippen molar-refractivity contribution in [1.82, 2.24) is 9.88 Å². The number of ether oxygens (including phenoxy) is 1. The molecule has 5 nitrogen and oxygen atoms in total. The molecule has 0 unspecified atom stereocenters. The van der Waals surface area contributed by atoms with Gasteiger partial charge >= 0.3 is 0 Å². The smallest absolute Gasteiger partial charge is 0.233 e. The minimum Gasteiger partial charge on any atom is -0.497 e. The number of anilines is 1. The highest BCUT2D eigenvalue weighted by molar-refractivity contribution is 7.22. The van der Waals surface area contributed by atoms with Crippen molar-refractivity contribution in [2.24, 2.45) is 0 Å². The van der Waals surface area contributed by atoms with E-state index in [4.69, 9.17) is 21.3 Å². The molecule has 7 heteroatoms. The third-order valence-corrected chi connectivity index (χ3v) is 6.22. The number of rotatable bonds is 8. The third-order valence-electron chi connectivity index (χ3n) is 4.77. The van der Waals surface area contributed by atoms with Crippen LogP contribution >= 0.6 is 22.9 Å². The zero-order chi connectivity index (χ0) is 21.0. The van der Waals surface area contributed by atoms with Crippen LogP contribution in [0, 0.1) is 6.92 Å². The van der Waals surface area contributed by atoms with Crippen LogP contribution in [0.4, 0.5) is 5.13 Å². The van der Waals surface area contributed by atoms with Crippen LogP contribution in [0.15, 0.2) is 36.4 Å². The maximum absolute atomic E-state index is 13.2. The third kappa shape index (κ3) is 5.26. The molecule has 0 aliphatic rings. The van der Waals surface area contributed by atoms with Gasteiger partial charge in [-0.05, 0) is 69.4 Å². The van der Waals surface area contributed by atoms with E-state index in [0.717, 1.165) is 45.2 Å². The Bertz CT molecular complexity index is 986. The molecule has 1 aromatic heterocycles. The summed E-state index contributed by atoms with van der Waals surface area (Å²) >= 11 is 7.79. The number of hydrogen-bond donors (Lipinski definition) is 0. The van der Waals surface area contributed by atoms with Crippen molar-refractivity contribution in [2.75, 3.05) is 39.2 Å². The second kappa shape index (κ2) is 9.57. The van der Waals surface area contributed by atoms with Crippen LogP contribution in [0.1, 0.15) is 17.5 Å². The summed E-state index contributed by atoms with van der Waals surface area (Å²) in [6, 6.07) is 11.5.